The van der Waals surface area contributed by atoms with Gasteiger partial charge < -0.3 is 10.2 Å². The number of oxazole rings is 1. The van der Waals surface area contributed by atoms with Gasteiger partial charge in [0.1, 0.15) is 11.6 Å². The number of hydrogen-bond acceptors (Lipinski definition) is 3. The molecule has 0 saturated heterocycles. The molecule has 2 rings (SSSR count). The van der Waals surface area contributed by atoms with Gasteiger partial charge in [-0.05, 0) is 25.1 Å². The summed E-state index contributed by atoms with van der Waals surface area (Å²) in [5.41, 5.74) is 5.16. The van der Waals surface area contributed by atoms with Crippen molar-refractivity contribution in [2.24, 2.45) is 5.73 Å². The summed E-state index contributed by atoms with van der Waals surface area (Å²) < 4.78 is 33.0. The maximum absolute atomic E-state index is 13.7. The average molecular weight is 317 g/mol. The second kappa shape index (κ2) is 5.58. The van der Waals surface area contributed by atoms with Crippen molar-refractivity contribution in [1.29, 1.82) is 0 Å². The molecule has 1 aromatic heterocycles. The van der Waals surface area contributed by atoms with Crippen molar-refractivity contribution in [2.75, 3.05) is 6.54 Å². The van der Waals surface area contributed by atoms with Crippen LogP contribution in [0.1, 0.15) is 12.3 Å². The van der Waals surface area contributed by atoms with E-state index in [0.717, 1.165) is 0 Å². The Balaban J connectivity index is 2.34. The van der Waals surface area contributed by atoms with E-state index in [1.54, 1.807) is 0 Å². The minimum absolute atomic E-state index is 0.0875. The highest BCUT2D eigenvalue weighted by molar-refractivity contribution is 9.10. The summed E-state index contributed by atoms with van der Waals surface area (Å²) in [6, 6.07) is 2.36. The summed E-state index contributed by atoms with van der Waals surface area (Å²) in [6.45, 7) is 0.513. The molecule has 0 fully saturated rings. The Kier molecular flexibility index (Phi) is 4.08. The van der Waals surface area contributed by atoms with E-state index in [-0.39, 0.29) is 11.3 Å². The standard InChI is InChI=1S/C12H11BrF2N2O/c13-7-4-8(14)12(9(15)5-7)10-6-17-11(18-10)2-1-3-16/h4-6H,1-3,16H2. The van der Waals surface area contributed by atoms with Gasteiger partial charge in [-0.15, -0.1) is 0 Å². The first-order valence-electron chi connectivity index (χ1n) is 5.41. The molecule has 0 aliphatic rings. The molecule has 2 N–H and O–H groups in total. The van der Waals surface area contributed by atoms with E-state index < -0.39 is 11.6 Å². The van der Waals surface area contributed by atoms with E-state index in [9.17, 15) is 8.78 Å². The van der Waals surface area contributed by atoms with Crippen LogP contribution in [-0.2, 0) is 6.42 Å². The fourth-order valence-corrected chi connectivity index (χ4v) is 1.97. The van der Waals surface area contributed by atoms with E-state index in [0.29, 0.717) is 29.7 Å². The van der Waals surface area contributed by atoms with Crippen molar-refractivity contribution in [3.63, 3.8) is 0 Å². The summed E-state index contributed by atoms with van der Waals surface area (Å²) >= 11 is 3.02. The van der Waals surface area contributed by atoms with Crippen molar-refractivity contribution in [1.82, 2.24) is 4.98 Å². The average Bonchev–Trinajstić information content (AvgIpc) is 2.73. The maximum Gasteiger partial charge on any atom is 0.194 e. The molecule has 1 heterocycles. The van der Waals surface area contributed by atoms with Crippen molar-refractivity contribution in [3.05, 3.63) is 40.3 Å². The van der Waals surface area contributed by atoms with Gasteiger partial charge in [-0.1, -0.05) is 15.9 Å². The van der Waals surface area contributed by atoms with E-state index in [1.165, 1.54) is 18.3 Å². The molecule has 0 spiro atoms. The molecule has 0 saturated carbocycles. The molecule has 18 heavy (non-hydrogen) atoms. The van der Waals surface area contributed by atoms with Crippen LogP contribution in [0.5, 0.6) is 0 Å². The molecule has 0 aliphatic heterocycles. The van der Waals surface area contributed by atoms with E-state index >= 15 is 0 Å². The lowest BCUT2D eigenvalue weighted by atomic mass is 10.1. The monoisotopic (exact) mass is 316 g/mol. The van der Waals surface area contributed by atoms with Crippen molar-refractivity contribution in [2.45, 2.75) is 12.8 Å². The Bertz CT molecular complexity index is 534. The van der Waals surface area contributed by atoms with Crippen molar-refractivity contribution < 1.29 is 13.2 Å². The van der Waals surface area contributed by atoms with Gasteiger partial charge in [-0.3, -0.25) is 0 Å². The topological polar surface area (TPSA) is 52.0 Å². The Labute approximate surface area is 111 Å². The molecule has 0 radical (unpaired) electrons. The Morgan fingerprint density at radius 2 is 1.94 bits per heavy atom. The molecular weight excluding hydrogens is 306 g/mol. The second-order valence-corrected chi connectivity index (χ2v) is 4.67. The molecule has 3 nitrogen and oxygen atoms in total. The molecular formula is C12H11BrF2N2O. The molecule has 96 valence electrons. The van der Waals surface area contributed by atoms with Crippen LogP contribution in [0.25, 0.3) is 11.3 Å². The molecule has 6 heteroatoms. The second-order valence-electron chi connectivity index (χ2n) is 3.75. The summed E-state index contributed by atoms with van der Waals surface area (Å²) in [5.74, 6) is -0.867. The molecule has 1 aromatic carbocycles. The minimum atomic E-state index is -0.691. The van der Waals surface area contributed by atoms with Gasteiger partial charge in [0.05, 0.1) is 11.8 Å². The van der Waals surface area contributed by atoms with Gasteiger partial charge in [0.15, 0.2) is 11.7 Å². The highest BCUT2D eigenvalue weighted by Gasteiger charge is 2.17. The number of hydrogen-bond donors (Lipinski definition) is 1. The highest BCUT2D eigenvalue weighted by Crippen LogP contribution is 2.29. The molecule has 0 aliphatic carbocycles. The first-order valence-corrected chi connectivity index (χ1v) is 6.21. The first kappa shape index (κ1) is 13.2. The van der Waals surface area contributed by atoms with Crippen LogP contribution in [0.2, 0.25) is 0 Å². The summed E-state index contributed by atoms with van der Waals surface area (Å²) in [6.07, 6.45) is 2.59. The summed E-state index contributed by atoms with van der Waals surface area (Å²) in [7, 11) is 0. The fraction of sp³-hybridized carbons (Fsp3) is 0.250. The Hall–Kier alpha value is -1.27. The largest absolute Gasteiger partial charge is 0.441 e. The smallest absolute Gasteiger partial charge is 0.194 e. The lowest BCUT2D eigenvalue weighted by molar-refractivity contribution is 0.490. The van der Waals surface area contributed by atoms with E-state index in [4.69, 9.17) is 10.2 Å². The van der Waals surface area contributed by atoms with Gasteiger partial charge in [0.25, 0.3) is 0 Å². The first-order chi connectivity index (χ1) is 8.61. The minimum Gasteiger partial charge on any atom is -0.441 e. The zero-order valence-corrected chi connectivity index (χ0v) is 11.0. The number of nitrogens with two attached hydrogens (primary N) is 1. The van der Waals surface area contributed by atoms with Crippen LogP contribution in [0.4, 0.5) is 8.78 Å². The predicted octanol–water partition coefficient (Wildman–Crippen LogP) is 3.27. The third-order valence-electron chi connectivity index (χ3n) is 2.40. The predicted molar refractivity (Wildman–Crippen MR) is 66.9 cm³/mol. The number of rotatable bonds is 4. The molecule has 0 atom stereocenters. The fourth-order valence-electron chi connectivity index (χ4n) is 1.57. The number of halogens is 3. The quantitative estimate of drug-likeness (QED) is 0.941. The van der Waals surface area contributed by atoms with Gasteiger partial charge >= 0.3 is 0 Å². The van der Waals surface area contributed by atoms with Crippen LogP contribution in [-0.4, -0.2) is 11.5 Å². The van der Waals surface area contributed by atoms with E-state index in [1.807, 2.05) is 0 Å². The number of nitrogens with zero attached hydrogens (tertiary/aromatic N) is 1. The number of aromatic nitrogens is 1. The zero-order chi connectivity index (χ0) is 13.1. The van der Waals surface area contributed by atoms with Gasteiger partial charge in [0, 0.05) is 10.9 Å². The third-order valence-corrected chi connectivity index (χ3v) is 2.86. The number of aryl methyl sites for hydroxylation is 1. The Morgan fingerprint density at radius 1 is 1.28 bits per heavy atom. The van der Waals surface area contributed by atoms with Crippen LogP contribution in [0, 0.1) is 11.6 Å². The summed E-state index contributed by atoms with van der Waals surface area (Å²) in [4.78, 5) is 3.97. The SMILES string of the molecule is NCCCc1ncc(-c2c(F)cc(Br)cc2F)o1. The summed E-state index contributed by atoms with van der Waals surface area (Å²) in [5, 5.41) is 0. The maximum atomic E-state index is 13.7. The van der Waals surface area contributed by atoms with Crippen molar-refractivity contribution in [3.8, 4) is 11.3 Å². The zero-order valence-electron chi connectivity index (χ0n) is 9.42. The highest BCUT2D eigenvalue weighted by atomic mass is 79.9. The van der Waals surface area contributed by atoms with Crippen LogP contribution in [0.3, 0.4) is 0 Å². The number of benzene rings is 1. The van der Waals surface area contributed by atoms with Gasteiger partial charge in [-0.25, -0.2) is 13.8 Å². The van der Waals surface area contributed by atoms with Crippen LogP contribution < -0.4 is 5.73 Å². The Morgan fingerprint density at radius 3 is 2.56 bits per heavy atom. The normalized spacial score (nSPS) is 10.9. The molecule has 2 aromatic rings. The van der Waals surface area contributed by atoms with Crippen LogP contribution >= 0.6 is 15.9 Å². The van der Waals surface area contributed by atoms with Crippen LogP contribution in [0.15, 0.2) is 27.2 Å². The molecule has 0 bridgehead atoms. The lowest BCUT2D eigenvalue weighted by Gasteiger charge is -2.02. The molecule has 0 unspecified atom stereocenters. The molecule has 0 amide bonds. The lowest BCUT2D eigenvalue weighted by Crippen LogP contribution is -2.00. The van der Waals surface area contributed by atoms with Crippen molar-refractivity contribution >= 4 is 15.9 Å². The third kappa shape index (κ3) is 2.76. The van der Waals surface area contributed by atoms with Gasteiger partial charge in [0.2, 0.25) is 0 Å². The van der Waals surface area contributed by atoms with Gasteiger partial charge in [-0.2, -0.15) is 0 Å². The van der Waals surface area contributed by atoms with E-state index in [2.05, 4.69) is 20.9 Å².